The third kappa shape index (κ3) is 1.73. The van der Waals surface area contributed by atoms with Crippen molar-refractivity contribution in [2.75, 3.05) is 0 Å². The van der Waals surface area contributed by atoms with Gasteiger partial charge in [-0.25, -0.2) is 0 Å². The lowest BCUT2D eigenvalue weighted by atomic mass is 10.2. The first-order valence-electron chi connectivity index (χ1n) is 3.85. The Morgan fingerprint density at radius 3 is 2.33 bits per heavy atom. The summed E-state index contributed by atoms with van der Waals surface area (Å²) < 4.78 is 0. The van der Waals surface area contributed by atoms with Crippen molar-refractivity contribution >= 4 is 11.8 Å². The van der Waals surface area contributed by atoms with Crippen LogP contribution in [0.15, 0.2) is 0 Å². The molecule has 0 aromatic carbocycles. The second-order valence-electron chi connectivity index (χ2n) is 3.25. The molecule has 1 aliphatic rings. The average molecular weight is 171 g/mol. The number of amides is 2. The van der Waals surface area contributed by atoms with Crippen molar-refractivity contribution in [1.29, 1.82) is 0 Å². The zero-order chi connectivity index (χ0) is 9.35. The number of hydrogen-bond donors (Lipinski definition) is 3. The van der Waals surface area contributed by atoms with Crippen LogP contribution in [0, 0.1) is 0 Å². The van der Waals surface area contributed by atoms with Gasteiger partial charge < -0.3 is 16.8 Å². The smallest absolute Gasteiger partial charge is 0.240 e. The number of rotatable bonds is 3. The van der Waals surface area contributed by atoms with Crippen molar-refractivity contribution in [3.63, 3.8) is 0 Å². The van der Waals surface area contributed by atoms with Crippen LogP contribution in [0.1, 0.15) is 19.8 Å². The minimum Gasteiger partial charge on any atom is -0.368 e. The van der Waals surface area contributed by atoms with E-state index in [1.165, 1.54) is 6.92 Å². The topological polar surface area (TPSA) is 98.2 Å². The van der Waals surface area contributed by atoms with Crippen LogP contribution in [0.3, 0.4) is 0 Å². The summed E-state index contributed by atoms with van der Waals surface area (Å²) in [5.74, 6) is -0.832. The van der Waals surface area contributed by atoms with Gasteiger partial charge in [-0.15, -0.1) is 0 Å². The molecule has 0 aromatic rings. The first kappa shape index (κ1) is 8.99. The van der Waals surface area contributed by atoms with Gasteiger partial charge in [0.15, 0.2) is 0 Å². The van der Waals surface area contributed by atoms with Gasteiger partial charge in [0.1, 0.15) is 6.04 Å². The minimum absolute atomic E-state index is 0.284. The molecule has 1 fully saturated rings. The molecule has 0 heterocycles. The monoisotopic (exact) mass is 171 g/mol. The van der Waals surface area contributed by atoms with Crippen molar-refractivity contribution in [2.24, 2.45) is 11.5 Å². The molecule has 1 saturated carbocycles. The Morgan fingerprint density at radius 2 is 2.00 bits per heavy atom. The number of hydrogen-bond acceptors (Lipinski definition) is 3. The highest BCUT2D eigenvalue weighted by molar-refractivity contribution is 5.93. The molecular formula is C7H13N3O2. The summed E-state index contributed by atoms with van der Waals surface area (Å²) in [5, 5.41) is 2.44. The zero-order valence-electron chi connectivity index (χ0n) is 6.96. The molecule has 0 aliphatic heterocycles. The van der Waals surface area contributed by atoms with Crippen molar-refractivity contribution < 1.29 is 9.59 Å². The van der Waals surface area contributed by atoms with Gasteiger partial charge in [0.05, 0.1) is 5.54 Å². The Kier molecular flexibility index (Phi) is 2.06. The molecule has 1 aliphatic carbocycles. The number of carbonyl (C=O) groups excluding carboxylic acids is 2. The summed E-state index contributed by atoms with van der Waals surface area (Å²) in [6.45, 7) is 1.53. The Hall–Kier alpha value is -1.10. The molecule has 12 heavy (non-hydrogen) atoms. The molecule has 68 valence electrons. The summed E-state index contributed by atoms with van der Waals surface area (Å²) in [5.41, 5.74) is 9.80. The Morgan fingerprint density at radius 1 is 1.50 bits per heavy atom. The molecular weight excluding hydrogens is 158 g/mol. The minimum atomic E-state index is -0.732. The van der Waals surface area contributed by atoms with Crippen molar-refractivity contribution in [2.45, 2.75) is 31.3 Å². The molecule has 0 radical (unpaired) electrons. The molecule has 0 saturated heterocycles. The van der Waals surface area contributed by atoms with Crippen LogP contribution in [-0.4, -0.2) is 23.4 Å². The number of nitrogens with one attached hydrogen (secondary N) is 1. The lowest BCUT2D eigenvalue weighted by Gasteiger charge is -2.13. The maximum atomic E-state index is 11.2. The van der Waals surface area contributed by atoms with E-state index in [2.05, 4.69) is 5.32 Å². The molecule has 5 heteroatoms. The van der Waals surface area contributed by atoms with Crippen molar-refractivity contribution in [3.8, 4) is 0 Å². The van der Waals surface area contributed by atoms with E-state index in [4.69, 9.17) is 11.5 Å². The molecule has 2 amide bonds. The fourth-order valence-corrected chi connectivity index (χ4v) is 0.773. The van der Waals surface area contributed by atoms with E-state index in [1.807, 2.05) is 0 Å². The molecule has 5 nitrogen and oxygen atoms in total. The van der Waals surface area contributed by atoms with Crippen LogP contribution < -0.4 is 16.8 Å². The van der Waals surface area contributed by atoms with Crippen LogP contribution >= 0.6 is 0 Å². The van der Waals surface area contributed by atoms with Crippen molar-refractivity contribution in [1.82, 2.24) is 5.32 Å². The van der Waals surface area contributed by atoms with Gasteiger partial charge in [0.2, 0.25) is 11.8 Å². The van der Waals surface area contributed by atoms with E-state index < -0.39 is 17.5 Å². The van der Waals surface area contributed by atoms with E-state index in [0.29, 0.717) is 12.8 Å². The predicted octanol–water partition coefficient (Wildman–Crippen LogP) is -1.53. The van der Waals surface area contributed by atoms with Gasteiger partial charge in [-0.3, -0.25) is 9.59 Å². The summed E-state index contributed by atoms with van der Waals surface area (Å²) in [6.07, 6.45) is 1.37. The molecule has 0 bridgehead atoms. The van der Waals surface area contributed by atoms with E-state index in [-0.39, 0.29) is 5.91 Å². The van der Waals surface area contributed by atoms with Gasteiger partial charge in [0, 0.05) is 0 Å². The molecule has 0 aromatic heterocycles. The largest absolute Gasteiger partial charge is 0.368 e. The third-order valence-electron chi connectivity index (χ3n) is 2.02. The van der Waals surface area contributed by atoms with E-state index >= 15 is 0 Å². The van der Waals surface area contributed by atoms with Gasteiger partial charge in [-0.1, -0.05) is 0 Å². The lowest BCUT2D eigenvalue weighted by Crippen LogP contribution is -2.50. The molecule has 5 N–H and O–H groups in total. The molecule has 1 rings (SSSR count). The van der Waals surface area contributed by atoms with Crippen LogP contribution in [0.5, 0.6) is 0 Å². The van der Waals surface area contributed by atoms with Gasteiger partial charge in [0.25, 0.3) is 0 Å². The van der Waals surface area contributed by atoms with Gasteiger partial charge in [-0.05, 0) is 19.8 Å². The van der Waals surface area contributed by atoms with E-state index in [0.717, 1.165) is 0 Å². The second-order valence-corrected chi connectivity index (χ2v) is 3.25. The first-order valence-corrected chi connectivity index (χ1v) is 3.85. The van der Waals surface area contributed by atoms with Gasteiger partial charge in [-0.2, -0.15) is 0 Å². The van der Waals surface area contributed by atoms with Crippen LogP contribution in [-0.2, 0) is 9.59 Å². The third-order valence-corrected chi connectivity index (χ3v) is 2.02. The number of carbonyl (C=O) groups is 2. The quantitative estimate of drug-likeness (QED) is 0.480. The van der Waals surface area contributed by atoms with Crippen LogP contribution in [0.4, 0.5) is 0 Å². The van der Waals surface area contributed by atoms with E-state index in [1.54, 1.807) is 0 Å². The summed E-state index contributed by atoms with van der Waals surface area (Å²) in [7, 11) is 0. The SMILES string of the molecule is CC(NC(=O)C1(N)CC1)C(N)=O. The normalized spacial score (nSPS) is 21.2. The highest BCUT2D eigenvalue weighted by Crippen LogP contribution is 2.32. The van der Waals surface area contributed by atoms with Crippen LogP contribution in [0.2, 0.25) is 0 Å². The highest BCUT2D eigenvalue weighted by Gasteiger charge is 2.46. The second kappa shape index (κ2) is 2.75. The first-order chi connectivity index (χ1) is 5.46. The summed E-state index contributed by atoms with van der Waals surface area (Å²) in [6, 6.07) is -0.640. The fraction of sp³-hybridized carbons (Fsp3) is 0.714. The maximum absolute atomic E-state index is 11.2. The summed E-state index contributed by atoms with van der Waals surface area (Å²) in [4.78, 5) is 21.7. The lowest BCUT2D eigenvalue weighted by molar-refractivity contribution is -0.128. The Labute approximate surface area is 70.5 Å². The molecule has 1 atom stereocenters. The average Bonchev–Trinajstić information content (AvgIpc) is 2.69. The van der Waals surface area contributed by atoms with Crippen LogP contribution in [0.25, 0.3) is 0 Å². The highest BCUT2D eigenvalue weighted by atomic mass is 16.2. The summed E-state index contributed by atoms with van der Waals surface area (Å²) >= 11 is 0. The molecule has 1 unspecified atom stereocenters. The molecule has 0 spiro atoms. The standard InChI is InChI=1S/C7H13N3O2/c1-4(5(8)11)10-6(12)7(9)2-3-7/h4H,2-3,9H2,1H3,(H2,8,11)(H,10,12). The zero-order valence-corrected chi connectivity index (χ0v) is 6.96. The number of nitrogens with two attached hydrogens (primary N) is 2. The van der Waals surface area contributed by atoms with Gasteiger partial charge >= 0.3 is 0 Å². The predicted molar refractivity (Wildman–Crippen MR) is 43.0 cm³/mol. The maximum Gasteiger partial charge on any atom is 0.240 e. The number of primary amides is 1. The Bertz CT molecular complexity index is 223. The Balaban J connectivity index is 2.41. The fourth-order valence-electron chi connectivity index (χ4n) is 0.773. The van der Waals surface area contributed by atoms with Crippen molar-refractivity contribution in [3.05, 3.63) is 0 Å². The van der Waals surface area contributed by atoms with E-state index in [9.17, 15) is 9.59 Å².